The third-order valence-corrected chi connectivity index (χ3v) is 5.18. The molecule has 1 atom stereocenters. The Morgan fingerprint density at radius 1 is 1.44 bits per heavy atom. The predicted octanol–water partition coefficient (Wildman–Crippen LogP) is 3.04. The van der Waals surface area contributed by atoms with Gasteiger partial charge in [-0.05, 0) is 44.9 Å². The van der Waals surface area contributed by atoms with Gasteiger partial charge in [0.2, 0.25) is 0 Å². The maximum Gasteiger partial charge on any atom is 0.411 e. The number of fused-ring (bicyclic) bond motifs is 1. The highest BCUT2D eigenvalue weighted by molar-refractivity contribution is 5.88. The Morgan fingerprint density at radius 2 is 2.11 bits per heavy atom. The first-order valence-corrected chi connectivity index (χ1v) is 8.53. The van der Waals surface area contributed by atoms with Gasteiger partial charge in [-0.3, -0.25) is 0 Å². The molecule has 1 aliphatic heterocycles. The van der Waals surface area contributed by atoms with Crippen molar-refractivity contribution in [2.45, 2.75) is 50.9 Å². The van der Waals surface area contributed by atoms with Crippen LogP contribution in [0.5, 0.6) is 5.75 Å². The van der Waals surface area contributed by atoms with Gasteiger partial charge < -0.3 is 24.9 Å². The van der Waals surface area contributed by atoms with Crippen molar-refractivity contribution in [1.29, 1.82) is 5.26 Å². The number of ether oxygens (including phenoxy) is 1. The topological polar surface area (TPSA) is 88.4 Å². The lowest BCUT2D eigenvalue weighted by Crippen LogP contribution is -2.60. The molecule has 0 spiro atoms. The van der Waals surface area contributed by atoms with Crippen LogP contribution in [0.3, 0.4) is 0 Å². The number of alkyl halides is 3. The molecule has 1 amide bonds. The summed E-state index contributed by atoms with van der Waals surface area (Å²) in [6, 6.07) is 6.28. The molecule has 27 heavy (non-hydrogen) atoms. The fourth-order valence-electron chi connectivity index (χ4n) is 3.19. The van der Waals surface area contributed by atoms with Gasteiger partial charge in [-0.2, -0.15) is 18.4 Å². The second kappa shape index (κ2) is 6.22. The first-order valence-electron chi connectivity index (χ1n) is 8.53. The van der Waals surface area contributed by atoms with E-state index in [2.05, 4.69) is 11.4 Å². The highest BCUT2D eigenvalue weighted by Crippen LogP contribution is 2.50. The molecular weight excluding hydrogens is 363 g/mol. The maximum absolute atomic E-state index is 13.3. The van der Waals surface area contributed by atoms with Crippen LogP contribution in [0.4, 0.5) is 29.3 Å². The summed E-state index contributed by atoms with van der Waals surface area (Å²) in [6.07, 6.45) is -4.71. The normalized spacial score (nSPS) is 20.5. The van der Waals surface area contributed by atoms with E-state index < -0.39 is 17.8 Å². The van der Waals surface area contributed by atoms with Crippen LogP contribution >= 0.6 is 0 Å². The number of hydrogen-bond acceptors (Lipinski definition) is 5. The first-order chi connectivity index (χ1) is 12.5. The van der Waals surface area contributed by atoms with Crippen molar-refractivity contribution in [2.75, 3.05) is 16.8 Å². The quantitative estimate of drug-likeness (QED) is 0.865. The minimum absolute atomic E-state index is 0.165. The fourth-order valence-corrected chi connectivity index (χ4v) is 3.19. The zero-order valence-electron chi connectivity index (χ0n) is 14.9. The second-order valence-corrected chi connectivity index (χ2v) is 7.56. The Labute approximate surface area is 154 Å². The number of rotatable bonds is 4. The van der Waals surface area contributed by atoms with E-state index in [4.69, 9.17) is 4.74 Å². The third kappa shape index (κ3) is 3.48. The summed E-state index contributed by atoms with van der Waals surface area (Å²) in [6.45, 7) is 1.94. The molecule has 146 valence electrons. The van der Waals surface area contributed by atoms with E-state index in [9.17, 15) is 28.3 Å². The van der Waals surface area contributed by atoms with Crippen molar-refractivity contribution in [3.8, 4) is 11.8 Å². The monoisotopic (exact) mass is 382 g/mol. The number of anilines is 2. The second-order valence-electron chi connectivity index (χ2n) is 7.56. The van der Waals surface area contributed by atoms with Crippen LogP contribution in [0, 0.1) is 16.7 Å². The van der Waals surface area contributed by atoms with Crippen molar-refractivity contribution >= 4 is 17.5 Å². The summed E-state index contributed by atoms with van der Waals surface area (Å²) in [5, 5.41) is 23.7. The van der Waals surface area contributed by atoms with Gasteiger partial charge in [0.15, 0.2) is 0 Å². The standard InChI is InChI=1S/C18H20F3N3O3/c1-16(2,18(19,20)21)24(15(25)26)11-3-4-14-13(7-11)23-9-12(27-14)8-17(10-22)5-6-17/h3-4,7,12,23H,5-6,8-9H2,1-2H3,(H,25,26)/p-1/t12-/m0/s1. The molecule has 6 nitrogen and oxygen atoms in total. The Balaban J connectivity index is 1.84. The van der Waals surface area contributed by atoms with Crippen LogP contribution in [-0.4, -0.2) is 30.5 Å². The minimum Gasteiger partial charge on any atom is -0.530 e. The van der Waals surface area contributed by atoms with Gasteiger partial charge >= 0.3 is 6.18 Å². The number of nitriles is 1. The summed E-state index contributed by atoms with van der Waals surface area (Å²) in [5.41, 5.74) is -2.77. The zero-order chi connectivity index (χ0) is 20.0. The van der Waals surface area contributed by atoms with Gasteiger partial charge in [-0.25, -0.2) is 0 Å². The van der Waals surface area contributed by atoms with E-state index in [1.165, 1.54) is 18.2 Å². The molecular formula is C18H19F3N3O3-. The molecule has 0 bridgehead atoms. The van der Waals surface area contributed by atoms with Crippen molar-refractivity contribution in [1.82, 2.24) is 0 Å². The van der Waals surface area contributed by atoms with Crippen molar-refractivity contribution < 1.29 is 27.8 Å². The molecule has 1 fully saturated rings. The molecule has 2 aliphatic rings. The number of nitrogens with zero attached hydrogens (tertiary/aromatic N) is 2. The molecule has 1 N–H and O–H groups in total. The summed E-state index contributed by atoms with van der Waals surface area (Å²) in [4.78, 5) is 11.6. The summed E-state index contributed by atoms with van der Waals surface area (Å²) < 4.78 is 45.8. The lowest BCUT2D eigenvalue weighted by Gasteiger charge is -2.42. The van der Waals surface area contributed by atoms with Crippen molar-refractivity contribution in [3.05, 3.63) is 18.2 Å². The molecule has 3 rings (SSSR count). The molecule has 9 heteroatoms. The van der Waals surface area contributed by atoms with Crippen LogP contribution in [0.25, 0.3) is 0 Å². The highest BCUT2D eigenvalue weighted by atomic mass is 19.4. The lowest BCUT2D eigenvalue weighted by atomic mass is 9.99. The maximum atomic E-state index is 13.3. The van der Waals surface area contributed by atoms with Crippen molar-refractivity contribution in [3.63, 3.8) is 0 Å². The third-order valence-electron chi connectivity index (χ3n) is 5.18. The minimum atomic E-state index is -4.78. The van der Waals surface area contributed by atoms with Crippen molar-refractivity contribution in [2.24, 2.45) is 5.41 Å². The van der Waals surface area contributed by atoms with E-state index in [0.29, 0.717) is 24.4 Å². The Bertz CT molecular complexity index is 797. The van der Waals surface area contributed by atoms with Crippen LogP contribution in [0.15, 0.2) is 18.2 Å². The number of benzene rings is 1. The van der Waals surface area contributed by atoms with Gasteiger partial charge in [0.05, 0.1) is 23.7 Å². The zero-order valence-corrected chi connectivity index (χ0v) is 14.9. The van der Waals surface area contributed by atoms with Crippen LogP contribution < -0.4 is 20.1 Å². The Hall–Kier alpha value is -2.63. The van der Waals surface area contributed by atoms with Gasteiger partial charge in [0, 0.05) is 12.1 Å². The smallest absolute Gasteiger partial charge is 0.411 e. The van der Waals surface area contributed by atoms with Crippen LogP contribution in [0.1, 0.15) is 33.1 Å². The molecule has 0 radical (unpaired) electrons. The molecule has 0 aromatic heterocycles. The number of halogens is 3. The van der Waals surface area contributed by atoms with E-state index in [0.717, 1.165) is 26.7 Å². The number of nitrogens with one attached hydrogen (secondary N) is 1. The van der Waals surface area contributed by atoms with E-state index >= 15 is 0 Å². The SMILES string of the molecule is CC(C)(N(C(=O)[O-])c1ccc2c(c1)NC[C@H](CC1(C#N)CC1)O2)C(F)(F)F. The van der Waals surface area contributed by atoms with Gasteiger partial charge in [-0.15, -0.1) is 0 Å². The van der Waals surface area contributed by atoms with E-state index in [1.807, 2.05) is 0 Å². The van der Waals surface area contributed by atoms with Gasteiger partial charge in [-0.1, -0.05) is 0 Å². The highest BCUT2D eigenvalue weighted by Gasteiger charge is 2.52. The summed E-state index contributed by atoms with van der Waals surface area (Å²) in [5.74, 6) is 0.409. The molecule has 1 aromatic carbocycles. The van der Waals surface area contributed by atoms with Crippen LogP contribution in [0.2, 0.25) is 0 Å². The number of hydrogen-bond donors (Lipinski definition) is 1. The first kappa shape index (κ1) is 19.1. The number of carbonyl (C=O) groups is 1. The van der Waals surface area contributed by atoms with E-state index in [1.54, 1.807) is 0 Å². The lowest BCUT2D eigenvalue weighted by molar-refractivity contribution is -0.254. The average Bonchev–Trinajstić information content (AvgIpc) is 3.33. The van der Waals surface area contributed by atoms with Gasteiger partial charge in [0.25, 0.3) is 0 Å². The molecule has 0 saturated heterocycles. The molecule has 1 heterocycles. The van der Waals surface area contributed by atoms with Crippen LogP contribution in [-0.2, 0) is 0 Å². The largest absolute Gasteiger partial charge is 0.530 e. The van der Waals surface area contributed by atoms with Gasteiger partial charge in [0.1, 0.15) is 23.5 Å². The molecule has 0 unspecified atom stereocenters. The Morgan fingerprint density at radius 3 is 2.63 bits per heavy atom. The summed E-state index contributed by atoms with van der Waals surface area (Å²) in [7, 11) is 0. The Kier molecular flexibility index (Phi) is 4.41. The number of carboxylic acid groups (broad SMARTS) is 1. The molecule has 1 aromatic rings. The fraction of sp³-hybridized carbons (Fsp3) is 0.556. The summed E-state index contributed by atoms with van der Waals surface area (Å²) >= 11 is 0. The molecule has 1 saturated carbocycles. The molecule has 1 aliphatic carbocycles. The average molecular weight is 382 g/mol. The predicted molar refractivity (Wildman–Crippen MR) is 89.3 cm³/mol. The number of amides is 1. The van der Waals surface area contributed by atoms with E-state index in [-0.39, 0.29) is 22.1 Å². The number of carbonyl (C=O) groups excluding carboxylic acids is 1.